The van der Waals surface area contributed by atoms with E-state index in [9.17, 15) is 0 Å². The van der Waals surface area contributed by atoms with Gasteiger partial charge in [-0.3, -0.25) is 0 Å². The molecule has 1 aliphatic carbocycles. The Kier molecular flexibility index (Phi) is 6.92. The third-order valence-electron chi connectivity index (χ3n) is 11.5. The van der Waals surface area contributed by atoms with E-state index in [1.165, 1.54) is 49.6 Å². The summed E-state index contributed by atoms with van der Waals surface area (Å²) in [4.78, 5) is 15.0. The van der Waals surface area contributed by atoms with Crippen LogP contribution >= 0.6 is 0 Å². The van der Waals surface area contributed by atoms with Crippen LogP contribution in [0.25, 0.3) is 94.7 Å². The summed E-state index contributed by atoms with van der Waals surface area (Å²) in [5, 5.41) is 4.58. The van der Waals surface area contributed by atoms with Gasteiger partial charge in [0.15, 0.2) is 17.5 Å². The molecule has 0 radical (unpaired) electrons. The standard InChI is InChI=1S/C52H32N4O/c1-4-15-32(16-5-1)50-53-51(33-17-6-2-7-18-33)55-52(54-50)43-25-14-24-42-38-28-27-34(31-45(38)57-49(42)43)46-39-23-11-10-21-36(39)40-29-30-41-37-22-12-13-26-44(37)56(48(41)47(40)46)35-19-8-3-9-20-35/h1-31,46H. The number of nitrogens with zero attached hydrogens (tertiary/aromatic N) is 4. The molecule has 1 aliphatic rings. The molecule has 0 saturated carbocycles. The first-order valence-corrected chi connectivity index (χ1v) is 19.3. The smallest absolute Gasteiger partial charge is 0.167 e. The van der Waals surface area contributed by atoms with Gasteiger partial charge in [0.2, 0.25) is 0 Å². The summed E-state index contributed by atoms with van der Waals surface area (Å²) >= 11 is 0. The van der Waals surface area contributed by atoms with Crippen molar-refractivity contribution in [3.05, 3.63) is 205 Å². The number of para-hydroxylation sites is 3. The zero-order valence-corrected chi connectivity index (χ0v) is 30.7. The highest BCUT2D eigenvalue weighted by Gasteiger charge is 2.34. The maximum Gasteiger partial charge on any atom is 0.167 e. The van der Waals surface area contributed by atoms with Crippen molar-refractivity contribution < 1.29 is 4.42 Å². The van der Waals surface area contributed by atoms with Gasteiger partial charge < -0.3 is 8.98 Å². The van der Waals surface area contributed by atoms with E-state index >= 15 is 0 Å². The van der Waals surface area contributed by atoms with Crippen molar-refractivity contribution in [3.63, 3.8) is 0 Å². The molecule has 0 N–H and O–H groups in total. The first-order valence-electron chi connectivity index (χ1n) is 19.3. The van der Waals surface area contributed by atoms with Crippen LogP contribution < -0.4 is 0 Å². The van der Waals surface area contributed by atoms with Gasteiger partial charge in [-0.05, 0) is 58.1 Å². The number of benzene rings is 8. The third-order valence-corrected chi connectivity index (χ3v) is 11.5. The highest BCUT2D eigenvalue weighted by atomic mass is 16.3. The van der Waals surface area contributed by atoms with E-state index in [-0.39, 0.29) is 5.92 Å². The van der Waals surface area contributed by atoms with Crippen molar-refractivity contribution in [2.75, 3.05) is 0 Å². The second kappa shape index (κ2) is 12.4. The summed E-state index contributed by atoms with van der Waals surface area (Å²) in [6.45, 7) is 0. The number of furan rings is 1. The van der Waals surface area contributed by atoms with E-state index in [1.807, 2.05) is 66.7 Å². The Balaban J connectivity index is 1.07. The lowest BCUT2D eigenvalue weighted by Crippen LogP contribution is -2.03. The molecule has 0 fully saturated rings. The highest BCUT2D eigenvalue weighted by molar-refractivity contribution is 6.13. The molecule has 0 saturated heterocycles. The molecule has 1 atom stereocenters. The van der Waals surface area contributed by atoms with Gasteiger partial charge in [0.25, 0.3) is 0 Å². The van der Waals surface area contributed by atoms with Gasteiger partial charge in [-0.25, -0.2) is 15.0 Å². The van der Waals surface area contributed by atoms with E-state index in [2.05, 4.69) is 126 Å². The molecule has 3 heterocycles. The van der Waals surface area contributed by atoms with Gasteiger partial charge in [-0.15, -0.1) is 0 Å². The lowest BCUT2D eigenvalue weighted by atomic mass is 9.87. The molecule has 0 bridgehead atoms. The van der Waals surface area contributed by atoms with Gasteiger partial charge in [0.05, 0.1) is 16.6 Å². The van der Waals surface area contributed by atoms with Crippen LogP contribution in [-0.2, 0) is 0 Å². The molecule has 0 spiro atoms. The molecule has 0 aliphatic heterocycles. The van der Waals surface area contributed by atoms with Crippen LogP contribution in [0.1, 0.15) is 22.6 Å². The predicted octanol–water partition coefficient (Wildman–Crippen LogP) is 13.0. The van der Waals surface area contributed by atoms with Crippen LogP contribution in [0.5, 0.6) is 0 Å². The first-order chi connectivity index (χ1) is 28.3. The summed E-state index contributed by atoms with van der Waals surface area (Å²) in [6.07, 6.45) is 0. The Hall–Kier alpha value is -7.63. The second-order valence-electron chi connectivity index (χ2n) is 14.7. The van der Waals surface area contributed by atoms with Crippen LogP contribution in [0.4, 0.5) is 0 Å². The largest absolute Gasteiger partial charge is 0.455 e. The molecular formula is C52H32N4O. The Morgan fingerprint density at radius 1 is 0.439 bits per heavy atom. The number of hydrogen-bond acceptors (Lipinski definition) is 4. The van der Waals surface area contributed by atoms with Crippen molar-refractivity contribution >= 4 is 43.7 Å². The number of fused-ring (bicyclic) bond motifs is 10. The minimum absolute atomic E-state index is 0.00542. The normalized spacial score (nSPS) is 13.4. The summed E-state index contributed by atoms with van der Waals surface area (Å²) in [5.74, 6) is 1.80. The monoisotopic (exact) mass is 728 g/mol. The Labute approximate surface area is 328 Å². The van der Waals surface area contributed by atoms with Gasteiger partial charge in [0.1, 0.15) is 11.2 Å². The Morgan fingerprint density at radius 2 is 1.05 bits per heavy atom. The Morgan fingerprint density at radius 3 is 1.82 bits per heavy atom. The molecule has 12 rings (SSSR count). The molecule has 11 aromatic rings. The van der Waals surface area contributed by atoms with E-state index in [0.717, 1.165) is 44.3 Å². The summed E-state index contributed by atoms with van der Waals surface area (Å²) < 4.78 is 9.38. The molecule has 0 amide bonds. The van der Waals surface area contributed by atoms with E-state index in [1.54, 1.807) is 0 Å². The quantitative estimate of drug-likeness (QED) is 0.177. The van der Waals surface area contributed by atoms with Crippen LogP contribution in [0.3, 0.4) is 0 Å². The van der Waals surface area contributed by atoms with E-state index < -0.39 is 0 Å². The average Bonchev–Trinajstić information content (AvgIpc) is 3.94. The molecule has 5 nitrogen and oxygen atoms in total. The summed E-state index contributed by atoms with van der Waals surface area (Å²) in [5.41, 5.74) is 14.2. The maximum atomic E-state index is 6.93. The maximum absolute atomic E-state index is 6.93. The van der Waals surface area contributed by atoms with Gasteiger partial charge in [0, 0.05) is 44.3 Å². The van der Waals surface area contributed by atoms with Crippen molar-refractivity contribution in [1.82, 2.24) is 19.5 Å². The van der Waals surface area contributed by atoms with Crippen LogP contribution in [-0.4, -0.2) is 19.5 Å². The molecular weight excluding hydrogens is 697 g/mol. The lowest BCUT2D eigenvalue weighted by molar-refractivity contribution is 0.668. The van der Waals surface area contributed by atoms with E-state index in [0.29, 0.717) is 17.5 Å². The number of rotatable bonds is 5. The highest BCUT2D eigenvalue weighted by Crippen LogP contribution is 2.53. The van der Waals surface area contributed by atoms with Crippen LogP contribution in [0.15, 0.2) is 192 Å². The molecule has 8 aromatic carbocycles. The van der Waals surface area contributed by atoms with Crippen molar-refractivity contribution in [2.45, 2.75) is 5.92 Å². The van der Waals surface area contributed by atoms with Gasteiger partial charge in [-0.2, -0.15) is 0 Å². The minimum Gasteiger partial charge on any atom is -0.455 e. The molecule has 57 heavy (non-hydrogen) atoms. The summed E-state index contributed by atoms with van der Waals surface area (Å²) in [6, 6.07) is 66.2. The molecule has 5 heteroatoms. The Bertz CT molecular complexity index is 3290. The molecule has 1 unspecified atom stereocenters. The fourth-order valence-corrected chi connectivity index (χ4v) is 9.05. The average molecular weight is 729 g/mol. The van der Waals surface area contributed by atoms with Crippen molar-refractivity contribution in [1.29, 1.82) is 0 Å². The lowest BCUT2D eigenvalue weighted by Gasteiger charge is -2.18. The third kappa shape index (κ3) is 4.85. The number of aromatic nitrogens is 4. The van der Waals surface area contributed by atoms with Crippen molar-refractivity contribution in [2.24, 2.45) is 0 Å². The fourth-order valence-electron chi connectivity index (χ4n) is 9.05. The fraction of sp³-hybridized carbons (Fsp3) is 0.0192. The molecule has 266 valence electrons. The van der Waals surface area contributed by atoms with Gasteiger partial charge in [-0.1, -0.05) is 158 Å². The van der Waals surface area contributed by atoms with Crippen LogP contribution in [0.2, 0.25) is 0 Å². The zero-order chi connectivity index (χ0) is 37.5. The van der Waals surface area contributed by atoms with Gasteiger partial charge >= 0.3 is 0 Å². The SMILES string of the molecule is c1ccc(-c2nc(-c3ccccc3)nc(-c3cccc4c3oc3cc(C5c6ccccc6-c6ccc7c8ccccc8n(-c8ccccc8)c7c65)ccc34)n2)cc1. The van der Waals surface area contributed by atoms with Crippen LogP contribution in [0, 0.1) is 0 Å². The van der Waals surface area contributed by atoms with E-state index in [4.69, 9.17) is 19.4 Å². The van der Waals surface area contributed by atoms with Crippen molar-refractivity contribution in [3.8, 4) is 51.0 Å². The molecule has 3 aromatic heterocycles. The second-order valence-corrected chi connectivity index (χ2v) is 14.7. The first kappa shape index (κ1) is 31.7. The minimum atomic E-state index is -0.00542. The summed E-state index contributed by atoms with van der Waals surface area (Å²) in [7, 11) is 0. The predicted molar refractivity (Wildman–Crippen MR) is 231 cm³/mol. The number of hydrogen-bond donors (Lipinski definition) is 0. The zero-order valence-electron chi connectivity index (χ0n) is 30.7. The topological polar surface area (TPSA) is 56.7 Å².